The molecule has 6 heteroatoms. The predicted octanol–water partition coefficient (Wildman–Crippen LogP) is 3.14. The van der Waals surface area contributed by atoms with Crippen LogP contribution >= 0.6 is 15.9 Å². The van der Waals surface area contributed by atoms with Crippen molar-refractivity contribution >= 4 is 32.9 Å². The van der Waals surface area contributed by atoms with Crippen molar-refractivity contribution in [3.8, 4) is 5.75 Å². The summed E-state index contributed by atoms with van der Waals surface area (Å²) in [6, 6.07) is 3.61. The van der Waals surface area contributed by atoms with E-state index in [1.807, 2.05) is 6.07 Å². The Hall–Kier alpha value is -1.82. The molecule has 5 nitrogen and oxygen atoms in total. The number of fused-ring (bicyclic) bond motifs is 1. The zero-order chi connectivity index (χ0) is 14.4. The van der Waals surface area contributed by atoms with Gasteiger partial charge in [-0.1, -0.05) is 15.9 Å². The van der Waals surface area contributed by atoms with Crippen molar-refractivity contribution in [2.24, 2.45) is 0 Å². The van der Waals surface area contributed by atoms with Gasteiger partial charge in [0.1, 0.15) is 5.58 Å². The van der Waals surface area contributed by atoms with Gasteiger partial charge < -0.3 is 14.3 Å². The van der Waals surface area contributed by atoms with Crippen LogP contribution in [-0.4, -0.2) is 18.2 Å². The van der Waals surface area contributed by atoms with Crippen LogP contribution in [0.1, 0.15) is 34.7 Å². The molecule has 0 aliphatic heterocycles. The highest BCUT2D eigenvalue weighted by atomic mass is 79.9. The molecule has 1 aliphatic rings. The standard InChI is InChI=1S/C14H11BrO5/c1-19-12-9-5-7(15)4-8(6-2-3-6)11(9)20-14(18)10(12)13(16)17/h4-6H,2-3H2,1H3,(H,16,17). The molecular formula is C14H11BrO5. The molecule has 0 saturated heterocycles. The van der Waals surface area contributed by atoms with E-state index in [1.165, 1.54) is 7.11 Å². The number of methoxy groups -OCH3 is 1. The minimum atomic E-state index is -1.36. The third-order valence-electron chi connectivity index (χ3n) is 3.39. The zero-order valence-electron chi connectivity index (χ0n) is 10.6. The Morgan fingerprint density at radius 2 is 2.15 bits per heavy atom. The van der Waals surface area contributed by atoms with E-state index in [0.29, 0.717) is 16.9 Å². The van der Waals surface area contributed by atoms with Crippen LogP contribution in [-0.2, 0) is 0 Å². The first-order chi connectivity index (χ1) is 9.52. The van der Waals surface area contributed by atoms with Crippen LogP contribution in [0.15, 0.2) is 25.8 Å². The van der Waals surface area contributed by atoms with E-state index in [1.54, 1.807) is 6.07 Å². The van der Waals surface area contributed by atoms with Crippen LogP contribution in [0.4, 0.5) is 0 Å². The van der Waals surface area contributed by atoms with Crippen molar-refractivity contribution in [2.75, 3.05) is 7.11 Å². The first-order valence-electron chi connectivity index (χ1n) is 6.10. The first kappa shape index (κ1) is 13.2. The smallest absolute Gasteiger partial charge is 0.354 e. The van der Waals surface area contributed by atoms with Crippen LogP contribution in [0, 0.1) is 0 Å². The van der Waals surface area contributed by atoms with Gasteiger partial charge in [0.15, 0.2) is 11.3 Å². The van der Waals surface area contributed by atoms with Crippen LogP contribution < -0.4 is 10.4 Å². The fraction of sp³-hybridized carbons (Fsp3) is 0.286. The number of carboxylic acid groups (broad SMARTS) is 1. The summed E-state index contributed by atoms with van der Waals surface area (Å²) in [4.78, 5) is 23.1. The topological polar surface area (TPSA) is 76.7 Å². The lowest BCUT2D eigenvalue weighted by Crippen LogP contribution is -2.16. The SMILES string of the molecule is COc1c(C(=O)O)c(=O)oc2c(C3CC3)cc(Br)cc12. The molecule has 1 saturated carbocycles. The van der Waals surface area contributed by atoms with Crippen molar-refractivity contribution in [3.63, 3.8) is 0 Å². The maximum Gasteiger partial charge on any atom is 0.354 e. The van der Waals surface area contributed by atoms with E-state index in [2.05, 4.69) is 15.9 Å². The Balaban J connectivity index is 2.45. The highest BCUT2D eigenvalue weighted by Gasteiger charge is 2.30. The molecule has 2 aromatic rings. The molecule has 3 rings (SSSR count). The molecule has 0 unspecified atom stereocenters. The zero-order valence-corrected chi connectivity index (χ0v) is 12.2. The number of carboxylic acids is 1. The Morgan fingerprint density at radius 3 is 2.70 bits per heavy atom. The second-order valence-electron chi connectivity index (χ2n) is 4.75. The summed E-state index contributed by atoms with van der Waals surface area (Å²) < 4.78 is 11.2. The van der Waals surface area contributed by atoms with Crippen molar-refractivity contribution < 1.29 is 19.1 Å². The molecule has 1 N–H and O–H groups in total. The summed E-state index contributed by atoms with van der Waals surface area (Å²) in [5.41, 5.74) is -0.0183. The van der Waals surface area contributed by atoms with Crippen molar-refractivity contribution in [1.29, 1.82) is 0 Å². The lowest BCUT2D eigenvalue weighted by Gasteiger charge is -2.11. The number of rotatable bonds is 3. The van der Waals surface area contributed by atoms with Crippen LogP contribution in [0.3, 0.4) is 0 Å². The molecular weight excluding hydrogens is 328 g/mol. The number of aromatic carboxylic acids is 1. The number of carbonyl (C=O) groups is 1. The summed E-state index contributed by atoms with van der Waals surface area (Å²) in [6.07, 6.45) is 2.08. The fourth-order valence-electron chi connectivity index (χ4n) is 2.36. The van der Waals surface area contributed by atoms with Gasteiger partial charge in [-0.15, -0.1) is 0 Å². The average Bonchev–Trinajstić information content (AvgIpc) is 3.20. The molecule has 104 valence electrons. The van der Waals surface area contributed by atoms with Crippen LogP contribution in [0.25, 0.3) is 11.0 Å². The summed E-state index contributed by atoms with van der Waals surface area (Å²) >= 11 is 3.40. The Bertz CT molecular complexity index is 773. The molecule has 0 radical (unpaired) electrons. The van der Waals surface area contributed by atoms with Crippen LogP contribution in [0.2, 0.25) is 0 Å². The molecule has 1 fully saturated rings. The van der Waals surface area contributed by atoms with Gasteiger partial charge in [0, 0.05) is 4.47 Å². The lowest BCUT2D eigenvalue weighted by atomic mass is 10.0. The van der Waals surface area contributed by atoms with Gasteiger partial charge >= 0.3 is 11.6 Å². The lowest BCUT2D eigenvalue weighted by molar-refractivity contribution is 0.0689. The molecule has 0 atom stereocenters. The number of ether oxygens (including phenoxy) is 1. The number of hydrogen-bond acceptors (Lipinski definition) is 4. The third kappa shape index (κ3) is 2.00. The van der Waals surface area contributed by atoms with Gasteiger partial charge in [0.05, 0.1) is 12.5 Å². The molecule has 0 amide bonds. The Morgan fingerprint density at radius 1 is 1.45 bits per heavy atom. The van der Waals surface area contributed by atoms with Gasteiger partial charge in [-0.05, 0) is 36.5 Å². The minimum absolute atomic E-state index is 0.0481. The number of hydrogen-bond donors (Lipinski definition) is 1. The van der Waals surface area contributed by atoms with Crippen LogP contribution in [0.5, 0.6) is 5.75 Å². The normalized spacial score (nSPS) is 14.5. The highest BCUT2D eigenvalue weighted by Crippen LogP contribution is 2.45. The molecule has 0 spiro atoms. The van der Waals surface area contributed by atoms with E-state index >= 15 is 0 Å². The van der Waals surface area contributed by atoms with E-state index in [4.69, 9.17) is 14.3 Å². The maximum absolute atomic E-state index is 11.9. The Kier molecular flexibility index (Phi) is 3.05. The van der Waals surface area contributed by atoms with E-state index in [-0.39, 0.29) is 5.75 Å². The summed E-state index contributed by atoms with van der Waals surface area (Å²) in [6.45, 7) is 0. The van der Waals surface area contributed by atoms with E-state index in [9.17, 15) is 9.59 Å². The van der Waals surface area contributed by atoms with Gasteiger partial charge in [0.2, 0.25) is 0 Å². The summed E-state index contributed by atoms with van der Waals surface area (Å²) in [7, 11) is 1.35. The van der Waals surface area contributed by atoms with Gasteiger partial charge in [0.25, 0.3) is 0 Å². The highest BCUT2D eigenvalue weighted by molar-refractivity contribution is 9.10. The van der Waals surface area contributed by atoms with Gasteiger partial charge in [-0.3, -0.25) is 0 Å². The third-order valence-corrected chi connectivity index (χ3v) is 3.85. The van der Waals surface area contributed by atoms with Crippen molar-refractivity contribution in [3.05, 3.63) is 38.2 Å². The largest absolute Gasteiger partial charge is 0.495 e. The molecule has 1 heterocycles. The van der Waals surface area contributed by atoms with E-state index < -0.39 is 17.2 Å². The minimum Gasteiger partial charge on any atom is -0.495 e. The summed E-state index contributed by atoms with van der Waals surface area (Å²) in [5.74, 6) is -0.948. The molecule has 0 bridgehead atoms. The quantitative estimate of drug-likeness (QED) is 0.870. The first-order valence-corrected chi connectivity index (χ1v) is 6.89. The summed E-state index contributed by atoms with van der Waals surface area (Å²) in [5, 5.41) is 9.65. The second kappa shape index (κ2) is 4.63. The number of benzene rings is 1. The Labute approximate surface area is 122 Å². The van der Waals surface area contributed by atoms with Gasteiger partial charge in [-0.25, -0.2) is 9.59 Å². The maximum atomic E-state index is 11.9. The van der Waals surface area contributed by atoms with Crippen molar-refractivity contribution in [1.82, 2.24) is 0 Å². The fourth-order valence-corrected chi connectivity index (χ4v) is 2.84. The van der Waals surface area contributed by atoms with E-state index in [0.717, 1.165) is 22.9 Å². The van der Waals surface area contributed by atoms with Gasteiger partial charge in [-0.2, -0.15) is 0 Å². The average molecular weight is 339 g/mol. The molecule has 1 aliphatic carbocycles. The van der Waals surface area contributed by atoms with Crippen molar-refractivity contribution in [2.45, 2.75) is 18.8 Å². The monoisotopic (exact) mass is 338 g/mol. The predicted molar refractivity (Wildman–Crippen MR) is 75.7 cm³/mol. The molecule has 20 heavy (non-hydrogen) atoms. The second-order valence-corrected chi connectivity index (χ2v) is 5.66. The molecule has 1 aromatic carbocycles. The number of halogens is 1. The molecule has 1 aromatic heterocycles.